The van der Waals surface area contributed by atoms with Crippen LogP contribution in [0.25, 0.3) is 0 Å². The topological polar surface area (TPSA) is 29.5 Å². The quantitative estimate of drug-likeness (QED) is 0.0346. The van der Waals surface area contributed by atoms with Crippen molar-refractivity contribution in [2.24, 2.45) is 11.8 Å². The van der Waals surface area contributed by atoms with Gasteiger partial charge in [-0.15, -0.1) is 0 Å². The Balaban J connectivity index is 4.78. The minimum absolute atomic E-state index is 0.0320. The normalized spacial score (nSPS) is 13.3. The number of ether oxygens (including phenoxy) is 1. The molecule has 386 valence electrons. The molecule has 2 unspecified atom stereocenters. The first-order chi connectivity index (χ1) is 31.8. The lowest BCUT2D eigenvalue weighted by Gasteiger charge is -2.17. The van der Waals surface area contributed by atoms with Gasteiger partial charge in [0.2, 0.25) is 0 Å². The summed E-state index contributed by atoms with van der Waals surface area (Å²) in [5, 5.41) is 0. The van der Waals surface area contributed by atoms with E-state index in [0.717, 1.165) is 19.4 Å². The molecule has 0 N–H and O–H groups in total. The number of unbranched alkanes of at least 4 members (excludes halogenated alkanes) is 35. The fourth-order valence-electron chi connectivity index (χ4n) is 10.0. The summed E-state index contributed by atoms with van der Waals surface area (Å²) < 4.78 is 5.69. The first-order valence-corrected chi connectivity index (χ1v) is 30.0. The standard InChI is InChI=1S/C62H121NO2/c1-8-11-14-17-20-23-24-25-26-27-28-29-31-34-40-45-51-61(56-58(4)55-59(5)57-65-62(64)53-47-54-63(6)7)52-46-41-36-35-39-44-50-60(48-42-37-32-22-19-16-13-10-3)49-43-38-33-30-21-18-15-12-9-2/h50,56,58-59H,8-49,51-55,57H2,1-7H3/b60-50-,61-56+. The molecule has 0 fully saturated rings. The Morgan fingerprint density at radius 2 is 0.738 bits per heavy atom. The highest BCUT2D eigenvalue weighted by Crippen LogP contribution is 2.25. The number of nitrogens with zero attached hydrogens (tertiary/aromatic N) is 1. The van der Waals surface area contributed by atoms with Gasteiger partial charge in [0.1, 0.15) is 0 Å². The van der Waals surface area contributed by atoms with Crippen LogP contribution in [-0.4, -0.2) is 38.1 Å². The van der Waals surface area contributed by atoms with E-state index in [-0.39, 0.29) is 5.97 Å². The summed E-state index contributed by atoms with van der Waals surface area (Å²) in [7, 11) is 4.12. The first-order valence-electron chi connectivity index (χ1n) is 30.0. The molecule has 0 radical (unpaired) electrons. The van der Waals surface area contributed by atoms with E-state index in [1.807, 2.05) is 0 Å². The van der Waals surface area contributed by atoms with Crippen molar-refractivity contribution in [3.63, 3.8) is 0 Å². The molecule has 3 nitrogen and oxygen atoms in total. The zero-order chi connectivity index (χ0) is 47.5. The van der Waals surface area contributed by atoms with E-state index in [1.54, 1.807) is 11.1 Å². The van der Waals surface area contributed by atoms with Crippen LogP contribution in [0.3, 0.4) is 0 Å². The summed E-state index contributed by atoms with van der Waals surface area (Å²) in [6, 6.07) is 0. The van der Waals surface area contributed by atoms with Gasteiger partial charge >= 0.3 is 5.97 Å². The van der Waals surface area contributed by atoms with Crippen molar-refractivity contribution in [3.8, 4) is 0 Å². The molecule has 65 heavy (non-hydrogen) atoms. The Hall–Kier alpha value is -1.09. The van der Waals surface area contributed by atoms with E-state index >= 15 is 0 Å². The van der Waals surface area contributed by atoms with Crippen molar-refractivity contribution >= 4 is 5.97 Å². The van der Waals surface area contributed by atoms with Crippen molar-refractivity contribution in [1.82, 2.24) is 4.90 Å². The fourth-order valence-corrected chi connectivity index (χ4v) is 10.0. The van der Waals surface area contributed by atoms with Crippen molar-refractivity contribution in [2.45, 2.75) is 330 Å². The monoisotopic (exact) mass is 912 g/mol. The van der Waals surface area contributed by atoms with E-state index in [9.17, 15) is 4.79 Å². The molecule has 3 heteroatoms. The summed E-state index contributed by atoms with van der Waals surface area (Å²) in [4.78, 5) is 14.4. The van der Waals surface area contributed by atoms with Gasteiger partial charge in [-0.3, -0.25) is 4.79 Å². The molecule has 0 saturated carbocycles. The summed E-state index contributed by atoms with van der Waals surface area (Å²) in [5.41, 5.74) is 3.50. The molecule has 0 aliphatic carbocycles. The maximum atomic E-state index is 12.3. The van der Waals surface area contributed by atoms with Crippen LogP contribution in [0.5, 0.6) is 0 Å². The van der Waals surface area contributed by atoms with Crippen LogP contribution in [0.4, 0.5) is 0 Å². The lowest BCUT2D eigenvalue weighted by molar-refractivity contribution is -0.145. The number of carbonyl (C=O) groups is 1. The number of hydrogen-bond donors (Lipinski definition) is 0. The fraction of sp³-hybridized carbons (Fsp3) is 0.919. The third-order valence-electron chi connectivity index (χ3n) is 14.2. The van der Waals surface area contributed by atoms with Gasteiger partial charge < -0.3 is 9.64 Å². The van der Waals surface area contributed by atoms with E-state index < -0.39 is 0 Å². The van der Waals surface area contributed by atoms with E-state index in [1.165, 1.54) is 276 Å². The molecule has 0 heterocycles. The Bertz CT molecular complexity index is 1010. The van der Waals surface area contributed by atoms with Crippen molar-refractivity contribution in [3.05, 3.63) is 23.3 Å². The molecule has 0 aromatic carbocycles. The van der Waals surface area contributed by atoms with Crippen molar-refractivity contribution in [2.75, 3.05) is 27.2 Å². The highest BCUT2D eigenvalue weighted by Gasteiger charge is 2.12. The zero-order valence-electron chi connectivity index (χ0n) is 46.0. The minimum atomic E-state index is -0.0320. The Kier molecular flexibility index (Phi) is 51.4. The number of hydrogen-bond acceptors (Lipinski definition) is 3. The lowest BCUT2D eigenvalue weighted by Crippen LogP contribution is -2.17. The molecule has 0 amide bonds. The second-order valence-electron chi connectivity index (χ2n) is 21.8. The van der Waals surface area contributed by atoms with Gasteiger partial charge in [-0.1, -0.05) is 270 Å². The van der Waals surface area contributed by atoms with E-state index in [2.05, 4.69) is 65.8 Å². The molecule has 0 saturated heterocycles. The third-order valence-corrected chi connectivity index (χ3v) is 14.2. The van der Waals surface area contributed by atoms with Gasteiger partial charge in [0.15, 0.2) is 0 Å². The van der Waals surface area contributed by atoms with Crippen LogP contribution in [-0.2, 0) is 9.53 Å². The van der Waals surface area contributed by atoms with Gasteiger partial charge in [0.25, 0.3) is 0 Å². The van der Waals surface area contributed by atoms with Crippen LogP contribution in [0.15, 0.2) is 23.3 Å². The van der Waals surface area contributed by atoms with Gasteiger partial charge in [0.05, 0.1) is 6.61 Å². The van der Waals surface area contributed by atoms with Crippen molar-refractivity contribution in [1.29, 1.82) is 0 Å². The predicted molar refractivity (Wildman–Crippen MR) is 293 cm³/mol. The first kappa shape index (κ1) is 63.9. The SMILES string of the molecule is CCCCCCCCCCCCCCCCCC/C(=C\C(C)CC(C)COC(=O)CCCN(C)C)CCCCCCC/C=C(/CCCCCCCCCC)CCCCCCCCCCC. The zero-order valence-corrected chi connectivity index (χ0v) is 46.0. The van der Waals surface area contributed by atoms with Crippen LogP contribution < -0.4 is 0 Å². The van der Waals surface area contributed by atoms with E-state index in [4.69, 9.17) is 4.74 Å². The number of esters is 1. The second-order valence-corrected chi connectivity index (χ2v) is 21.8. The lowest BCUT2D eigenvalue weighted by atomic mass is 9.92. The molecular weight excluding hydrogens is 791 g/mol. The van der Waals surface area contributed by atoms with Gasteiger partial charge in [-0.05, 0) is 110 Å². The largest absolute Gasteiger partial charge is 0.465 e. The van der Waals surface area contributed by atoms with Crippen LogP contribution >= 0.6 is 0 Å². The third kappa shape index (κ3) is 50.6. The number of carbonyl (C=O) groups excluding carboxylic acids is 1. The Morgan fingerprint density at radius 1 is 0.415 bits per heavy atom. The predicted octanol–water partition coefficient (Wildman–Crippen LogP) is 21.2. The van der Waals surface area contributed by atoms with Gasteiger partial charge in [-0.25, -0.2) is 0 Å². The highest BCUT2D eigenvalue weighted by atomic mass is 16.5. The highest BCUT2D eigenvalue weighted by molar-refractivity contribution is 5.69. The van der Waals surface area contributed by atoms with E-state index in [0.29, 0.717) is 24.9 Å². The average molecular weight is 913 g/mol. The number of rotatable bonds is 53. The Morgan fingerprint density at radius 3 is 1.09 bits per heavy atom. The smallest absolute Gasteiger partial charge is 0.305 e. The number of allylic oxidation sites excluding steroid dienone is 4. The molecule has 0 spiro atoms. The van der Waals surface area contributed by atoms with Gasteiger partial charge in [-0.2, -0.15) is 0 Å². The summed E-state index contributed by atoms with van der Waals surface area (Å²) in [5.74, 6) is 0.905. The molecule has 0 rings (SSSR count). The average Bonchev–Trinajstić information content (AvgIpc) is 3.28. The minimum Gasteiger partial charge on any atom is -0.465 e. The van der Waals surface area contributed by atoms with Crippen molar-refractivity contribution < 1.29 is 9.53 Å². The maximum Gasteiger partial charge on any atom is 0.305 e. The Labute approximate surface area is 411 Å². The summed E-state index contributed by atoms with van der Waals surface area (Å²) >= 11 is 0. The molecule has 2 atom stereocenters. The summed E-state index contributed by atoms with van der Waals surface area (Å²) in [6.45, 7) is 13.1. The van der Waals surface area contributed by atoms with Crippen LogP contribution in [0, 0.1) is 11.8 Å². The molecule has 0 aromatic rings. The second kappa shape index (κ2) is 52.3. The molecular formula is C62H121NO2. The molecule has 0 aromatic heterocycles. The maximum absolute atomic E-state index is 12.3. The molecule has 0 bridgehead atoms. The van der Waals surface area contributed by atoms with Gasteiger partial charge in [0, 0.05) is 6.42 Å². The van der Waals surface area contributed by atoms with Crippen LogP contribution in [0.1, 0.15) is 330 Å². The van der Waals surface area contributed by atoms with Crippen LogP contribution in [0.2, 0.25) is 0 Å². The molecule has 0 aliphatic rings. The summed E-state index contributed by atoms with van der Waals surface area (Å²) in [6.07, 6.45) is 68.4. The molecule has 0 aliphatic heterocycles.